The van der Waals surface area contributed by atoms with Crippen LogP contribution in [-0.2, 0) is 10.8 Å². The molecule has 0 radical (unpaired) electrons. The Labute approximate surface area is 351 Å². The van der Waals surface area contributed by atoms with Gasteiger partial charge in [0.1, 0.15) is 17.3 Å². The minimum absolute atomic E-state index is 0.0279. The number of aromatic nitrogens is 2. The highest BCUT2D eigenvalue weighted by molar-refractivity contribution is 6.09. The maximum Gasteiger partial charge on any atom is 0.138 e. The quantitative estimate of drug-likeness (QED) is 0.169. The molecule has 3 heterocycles. The average Bonchev–Trinajstić information content (AvgIpc) is 3.79. The lowest BCUT2D eigenvalue weighted by molar-refractivity contribution is 0.483. The second-order valence-corrected chi connectivity index (χ2v) is 17.5. The van der Waals surface area contributed by atoms with E-state index in [1.54, 1.807) is 6.20 Å². The molecule has 290 valence electrons. The molecule has 9 rings (SSSR count). The van der Waals surface area contributed by atoms with Crippen molar-refractivity contribution in [2.75, 3.05) is 23.4 Å². The Bertz CT molecular complexity index is 3080. The molecule has 0 atom stereocenters. The lowest BCUT2D eigenvalue weighted by atomic mass is 9.83. The molecule has 0 spiro atoms. The molecule has 0 bridgehead atoms. The van der Waals surface area contributed by atoms with Crippen LogP contribution < -0.4 is 14.5 Å². The molecule has 0 amide bonds. The standard InChI is InChI=1S/C53H52N4O/c1-34-27-40(53(6,7)8)28-35(2)51(34)38-25-26-54-50(30-38)57-46-16-11-10-15-44(46)45-23-22-43(32-48(45)57)58-42-14-12-13-41(31-42)56-33-55(9)49-29-37(19-24-47(49)56)36-17-20-39(21-18-36)52(3,4)5/h10-32H,33H2,1-9H3/i1D3,9D3. The van der Waals surface area contributed by atoms with Crippen LogP contribution in [0.5, 0.6) is 11.5 Å². The van der Waals surface area contributed by atoms with Gasteiger partial charge in [-0.05, 0) is 124 Å². The molecule has 1 aliphatic rings. The van der Waals surface area contributed by atoms with E-state index in [1.807, 2.05) is 90.7 Å². The molecule has 6 aromatic carbocycles. The molecule has 0 fully saturated rings. The van der Waals surface area contributed by atoms with E-state index in [0.29, 0.717) is 34.1 Å². The Balaban J connectivity index is 1.07. The summed E-state index contributed by atoms with van der Waals surface area (Å²) in [6.45, 7) is 10.3. The summed E-state index contributed by atoms with van der Waals surface area (Å²) in [7, 11) is 0. The maximum absolute atomic E-state index is 8.54. The molecular weight excluding hydrogens is 709 g/mol. The van der Waals surface area contributed by atoms with Crippen molar-refractivity contribution in [3.05, 3.63) is 162 Å². The van der Waals surface area contributed by atoms with Crippen molar-refractivity contribution in [2.24, 2.45) is 0 Å². The van der Waals surface area contributed by atoms with Crippen LogP contribution in [0.25, 0.3) is 49.9 Å². The fourth-order valence-corrected chi connectivity index (χ4v) is 8.24. The van der Waals surface area contributed by atoms with E-state index >= 15 is 0 Å². The first-order chi connectivity index (χ1) is 30.1. The van der Waals surface area contributed by atoms with Gasteiger partial charge >= 0.3 is 0 Å². The number of anilines is 3. The van der Waals surface area contributed by atoms with Gasteiger partial charge in [-0.25, -0.2) is 4.98 Å². The Morgan fingerprint density at radius 3 is 2.12 bits per heavy atom. The summed E-state index contributed by atoms with van der Waals surface area (Å²) in [5.41, 5.74) is 10.8. The van der Waals surface area contributed by atoms with Crippen molar-refractivity contribution in [3.63, 3.8) is 0 Å². The van der Waals surface area contributed by atoms with Crippen molar-refractivity contribution in [2.45, 2.75) is 66.1 Å². The van der Waals surface area contributed by atoms with E-state index in [-0.39, 0.29) is 17.5 Å². The second-order valence-electron chi connectivity index (χ2n) is 17.5. The molecule has 1 aliphatic heterocycles. The van der Waals surface area contributed by atoms with Crippen molar-refractivity contribution in [3.8, 4) is 39.6 Å². The van der Waals surface area contributed by atoms with Crippen molar-refractivity contribution >= 4 is 38.9 Å². The zero-order valence-electron chi connectivity index (χ0n) is 40.2. The zero-order chi connectivity index (χ0) is 45.5. The van der Waals surface area contributed by atoms with E-state index in [9.17, 15) is 0 Å². The third-order valence-electron chi connectivity index (χ3n) is 11.4. The predicted molar refractivity (Wildman–Crippen MR) is 245 cm³/mol. The van der Waals surface area contributed by atoms with Crippen LogP contribution in [0.4, 0.5) is 17.1 Å². The molecule has 0 aliphatic carbocycles. The summed E-state index contributed by atoms with van der Waals surface area (Å²) in [6.07, 6.45) is 1.74. The number of para-hydroxylation sites is 1. The molecular formula is C53H52N4O. The summed E-state index contributed by atoms with van der Waals surface area (Å²) in [5, 5.41) is 2.06. The van der Waals surface area contributed by atoms with Gasteiger partial charge < -0.3 is 14.5 Å². The maximum atomic E-state index is 8.54. The molecule has 2 aromatic heterocycles. The van der Waals surface area contributed by atoms with Crippen molar-refractivity contribution < 1.29 is 13.0 Å². The van der Waals surface area contributed by atoms with Crippen LogP contribution in [0.2, 0.25) is 0 Å². The zero-order valence-corrected chi connectivity index (χ0v) is 34.2. The topological polar surface area (TPSA) is 33.5 Å². The van der Waals surface area contributed by atoms with Crippen LogP contribution in [0.1, 0.15) is 72.0 Å². The highest BCUT2D eigenvalue weighted by Gasteiger charge is 2.26. The molecule has 0 saturated heterocycles. The number of ether oxygens (including phenoxy) is 1. The average molecular weight is 767 g/mol. The van der Waals surface area contributed by atoms with Gasteiger partial charge in [0.25, 0.3) is 0 Å². The highest BCUT2D eigenvalue weighted by Crippen LogP contribution is 2.44. The van der Waals surface area contributed by atoms with E-state index in [0.717, 1.165) is 61.0 Å². The molecule has 8 aromatic rings. The SMILES string of the molecule is [2H]C([2H])([2H])c1cc(C(C)(C)C)cc(C)c1-c1ccnc(-n2c3ccccc3c3ccc(Oc4cccc(N5CN(C([2H])([2H])[2H])c6cc(-c7ccc(C(C)(C)C)cc7)ccc65)c4)cc32)c1. The smallest absolute Gasteiger partial charge is 0.138 e. The molecule has 0 saturated carbocycles. The molecule has 5 nitrogen and oxygen atoms in total. The van der Waals surface area contributed by atoms with Gasteiger partial charge in [0.2, 0.25) is 0 Å². The molecule has 0 N–H and O–H groups in total. The van der Waals surface area contributed by atoms with E-state index in [4.69, 9.17) is 17.9 Å². The minimum atomic E-state index is -2.36. The Morgan fingerprint density at radius 1 is 0.603 bits per heavy atom. The lowest BCUT2D eigenvalue weighted by Crippen LogP contribution is -2.23. The summed E-state index contributed by atoms with van der Waals surface area (Å²) in [4.78, 5) is 8.35. The summed E-state index contributed by atoms with van der Waals surface area (Å²) >= 11 is 0. The summed E-state index contributed by atoms with van der Waals surface area (Å²) in [6, 6.07) is 44.2. The number of nitrogens with zero attached hydrogens (tertiary/aromatic N) is 4. The first-order valence-electron chi connectivity index (χ1n) is 22.9. The number of hydrogen-bond donors (Lipinski definition) is 0. The normalized spacial score (nSPS) is 15.1. The number of hydrogen-bond acceptors (Lipinski definition) is 4. The minimum Gasteiger partial charge on any atom is -0.457 e. The van der Waals surface area contributed by atoms with Crippen LogP contribution >= 0.6 is 0 Å². The van der Waals surface area contributed by atoms with Gasteiger partial charge in [-0.2, -0.15) is 0 Å². The van der Waals surface area contributed by atoms with Gasteiger partial charge in [0, 0.05) is 50.0 Å². The van der Waals surface area contributed by atoms with Gasteiger partial charge in [-0.3, -0.25) is 4.57 Å². The molecule has 58 heavy (non-hydrogen) atoms. The fraction of sp³-hybridized carbons (Fsp3) is 0.226. The Hall–Kier alpha value is -6.33. The number of pyridine rings is 1. The Kier molecular flexibility index (Phi) is 7.40. The largest absolute Gasteiger partial charge is 0.457 e. The van der Waals surface area contributed by atoms with E-state index in [2.05, 4.69) is 101 Å². The predicted octanol–water partition coefficient (Wildman–Crippen LogP) is 14.1. The number of aryl methyl sites for hydroxylation is 2. The molecule has 5 heteroatoms. The van der Waals surface area contributed by atoms with Gasteiger partial charge in [-0.15, -0.1) is 0 Å². The highest BCUT2D eigenvalue weighted by atomic mass is 16.5. The van der Waals surface area contributed by atoms with E-state index < -0.39 is 13.8 Å². The Morgan fingerprint density at radius 2 is 1.34 bits per heavy atom. The fourth-order valence-electron chi connectivity index (χ4n) is 8.24. The number of fused-ring (bicyclic) bond motifs is 4. The van der Waals surface area contributed by atoms with Gasteiger partial charge in [-0.1, -0.05) is 108 Å². The third-order valence-corrected chi connectivity index (χ3v) is 11.4. The lowest BCUT2D eigenvalue weighted by Gasteiger charge is -2.22. The first-order valence-corrected chi connectivity index (χ1v) is 19.9. The second kappa shape index (κ2) is 13.9. The summed E-state index contributed by atoms with van der Waals surface area (Å²) < 4.78 is 59.7. The number of benzene rings is 6. The van der Waals surface area contributed by atoms with Gasteiger partial charge in [0.05, 0.1) is 29.1 Å². The molecule has 0 unspecified atom stereocenters. The van der Waals surface area contributed by atoms with Crippen LogP contribution in [0, 0.1) is 13.8 Å². The van der Waals surface area contributed by atoms with Crippen LogP contribution in [-0.4, -0.2) is 23.2 Å². The van der Waals surface area contributed by atoms with Crippen molar-refractivity contribution in [1.29, 1.82) is 0 Å². The van der Waals surface area contributed by atoms with Crippen LogP contribution in [0.3, 0.4) is 0 Å². The van der Waals surface area contributed by atoms with Gasteiger partial charge in [0.15, 0.2) is 0 Å². The van der Waals surface area contributed by atoms with Crippen molar-refractivity contribution in [1.82, 2.24) is 9.55 Å². The third kappa shape index (κ3) is 6.68. The summed E-state index contributed by atoms with van der Waals surface area (Å²) in [5.74, 6) is 1.85. The van der Waals surface area contributed by atoms with Crippen LogP contribution in [0.15, 0.2) is 140 Å². The van der Waals surface area contributed by atoms with E-state index in [1.165, 1.54) is 10.5 Å². The first kappa shape index (κ1) is 30.8. The number of rotatable bonds is 6. The monoisotopic (exact) mass is 766 g/mol.